The van der Waals surface area contributed by atoms with E-state index in [1.807, 2.05) is 42.5 Å². The summed E-state index contributed by atoms with van der Waals surface area (Å²) in [4.78, 5) is 19.4. The van der Waals surface area contributed by atoms with E-state index in [9.17, 15) is 4.79 Å². The number of amides is 2. The van der Waals surface area contributed by atoms with Crippen LogP contribution in [0.15, 0.2) is 97.2 Å². The second kappa shape index (κ2) is 13.1. The molecule has 3 aromatic carbocycles. The fourth-order valence-electron chi connectivity index (χ4n) is 5.00. The van der Waals surface area contributed by atoms with Crippen LogP contribution in [0.2, 0.25) is 0 Å². The highest BCUT2D eigenvalue weighted by atomic mass is 16.5. The van der Waals surface area contributed by atoms with E-state index in [1.165, 1.54) is 43.2 Å². The Bertz CT molecular complexity index is 1320. The third-order valence-corrected chi connectivity index (χ3v) is 7.29. The van der Waals surface area contributed by atoms with Crippen LogP contribution in [-0.4, -0.2) is 24.2 Å². The molecule has 0 spiro atoms. The molecule has 0 bridgehead atoms. The quantitative estimate of drug-likeness (QED) is 0.241. The summed E-state index contributed by atoms with van der Waals surface area (Å²) in [6.45, 7) is 1.32. The van der Waals surface area contributed by atoms with E-state index in [0.29, 0.717) is 24.1 Å². The highest BCUT2D eigenvalue weighted by Crippen LogP contribution is 2.24. The van der Waals surface area contributed by atoms with Crippen LogP contribution in [0.5, 0.6) is 5.75 Å². The van der Waals surface area contributed by atoms with Crippen LogP contribution in [0.3, 0.4) is 0 Å². The van der Waals surface area contributed by atoms with E-state index in [2.05, 4.69) is 64.1 Å². The van der Waals surface area contributed by atoms with Crippen molar-refractivity contribution >= 4 is 17.5 Å². The standard InChI is InChI=1S/C33H36N4O2/c1-39-31-20-18-30(19-21-31)36-33(38)37(32-9-5-6-22-34-32)24-26-12-16-28(17-13-26)27-14-10-25(11-15-27)23-35-29-7-3-2-4-8-29/h5-6,9-22,29,35H,2-4,7-8,23-24H2,1H3,(H,36,38). The summed E-state index contributed by atoms with van der Waals surface area (Å²) in [6, 6.07) is 30.4. The first kappa shape index (κ1) is 26.4. The largest absolute Gasteiger partial charge is 0.497 e. The van der Waals surface area contributed by atoms with Gasteiger partial charge in [0.15, 0.2) is 0 Å². The Balaban J connectivity index is 1.24. The molecule has 0 radical (unpaired) electrons. The van der Waals surface area contributed by atoms with Gasteiger partial charge in [-0.25, -0.2) is 9.78 Å². The van der Waals surface area contributed by atoms with Gasteiger partial charge in [0.2, 0.25) is 0 Å². The van der Waals surface area contributed by atoms with Crippen molar-refractivity contribution in [2.45, 2.75) is 51.2 Å². The molecule has 1 saturated carbocycles. The summed E-state index contributed by atoms with van der Waals surface area (Å²) in [5.74, 6) is 1.32. The smallest absolute Gasteiger partial charge is 0.327 e. The third kappa shape index (κ3) is 7.24. The first-order valence-corrected chi connectivity index (χ1v) is 13.7. The number of carbonyl (C=O) groups is 1. The number of hydrogen-bond acceptors (Lipinski definition) is 4. The van der Waals surface area contributed by atoms with E-state index >= 15 is 0 Å². The zero-order valence-corrected chi connectivity index (χ0v) is 22.5. The highest BCUT2D eigenvalue weighted by molar-refractivity contribution is 6.01. The molecule has 4 aromatic rings. The molecule has 0 atom stereocenters. The molecule has 1 heterocycles. The second-order valence-electron chi connectivity index (χ2n) is 10.0. The van der Waals surface area contributed by atoms with Gasteiger partial charge in [-0.2, -0.15) is 0 Å². The van der Waals surface area contributed by atoms with E-state index in [4.69, 9.17) is 4.74 Å². The Labute approximate surface area is 231 Å². The van der Waals surface area contributed by atoms with E-state index < -0.39 is 0 Å². The molecule has 0 saturated heterocycles. The van der Waals surface area contributed by atoms with Gasteiger partial charge in [-0.15, -0.1) is 0 Å². The summed E-state index contributed by atoms with van der Waals surface area (Å²) in [5, 5.41) is 6.69. The van der Waals surface area contributed by atoms with Crippen molar-refractivity contribution in [2.24, 2.45) is 0 Å². The number of rotatable bonds is 9. The number of nitrogens with zero attached hydrogens (tertiary/aromatic N) is 2. The van der Waals surface area contributed by atoms with Crippen molar-refractivity contribution in [1.82, 2.24) is 10.3 Å². The molecular formula is C33H36N4O2. The molecule has 1 aliphatic rings. The SMILES string of the molecule is COc1ccc(NC(=O)N(Cc2ccc(-c3ccc(CNC4CCCCC4)cc3)cc2)c2ccccn2)cc1. The predicted molar refractivity (Wildman–Crippen MR) is 158 cm³/mol. The number of nitrogens with one attached hydrogen (secondary N) is 2. The van der Waals surface area contributed by atoms with E-state index in [-0.39, 0.29) is 6.03 Å². The monoisotopic (exact) mass is 520 g/mol. The van der Waals surface area contributed by atoms with Crippen molar-refractivity contribution in [3.63, 3.8) is 0 Å². The number of pyridine rings is 1. The fraction of sp³-hybridized carbons (Fsp3) is 0.273. The minimum absolute atomic E-state index is 0.250. The summed E-state index contributed by atoms with van der Waals surface area (Å²) in [6.07, 6.45) is 8.36. The lowest BCUT2D eigenvalue weighted by Crippen LogP contribution is -2.35. The van der Waals surface area contributed by atoms with Gasteiger partial charge in [0.25, 0.3) is 0 Å². The zero-order chi connectivity index (χ0) is 26.9. The molecule has 1 aliphatic carbocycles. The Morgan fingerprint density at radius 3 is 2.13 bits per heavy atom. The number of hydrogen-bond donors (Lipinski definition) is 2. The molecule has 6 nitrogen and oxygen atoms in total. The van der Waals surface area contributed by atoms with Crippen molar-refractivity contribution in [3.05, 3.63) is 108 Å². The third-order valence-electron chi connectivity index (χ3n) is 7.29. The van der Waals surface area contributed by atoms with Gasteiger partial charge in [-0.1, -0.05) is 73.9 Å². The van der Waals surface area contributed by atoms with E-state index in [1.54, 1.807) is 18.2 Å². The Morgan fingerprint density at radius 2 is 1.51 bits per heavy atom. The molecule has 2 amide bonds. The Hall–Kier alpha value is -4.16. The summed E-state index contributed by atoms with van der Waals surface area (Å²) >= 11 is 0. The van der Waals surface area contributed by atoms with Crippen LogP contribution in [-0.2, 0) is 13.1 Å². The topological polar surface area (TPSA) is 66.5 Å². The average Bonchev–Trinajstić information content (AvgIpc) is 3.01. The fourth-order valence-corrected chi connectivity index (χ4v) is 5.00. The van der Waals surface area contributed by atoms with Gasteiger partial charge in [0.1, 0.15) is 11.6 Å². The molecule has 1 fully saturated rings. The number of ether oxygens (including phenoxy) is 1. The van der Waals surface area contributed by atoms with Gasteiger partial charge in [0.05, 0.1) is 13.7 Å². The number of methoxy groups -OCH3 is 1. The molecule has 39 heavy (non-hydrogen) atoms. The lowest BCUT2D eigenvalue weighted by atomic mass is 9.95. The molecule has 1 aromatic heterocycles. The lowest BCUT2D eigenvalue weighted by molar-refractivity contribution is 0.256. The van der Waals surface area contributed by atoms with Crippen LogP contribution in [0.4, 0.5) is 16.3 Å². The maximum Gasteiger partial charge on any atom is 0.327 e. The van der Waals surface area contributed by atoms with Crippen molar-refractivity contribution in [1.29, 1.82) is 0 Å². The Morgan fingerprint density at radius 1 is 0.846 bits per heavy atom. The average molecular weight is 521 g/mol. The minimum Gasteiger partial charge on any atom is -0.497 e. The number of aromatic nitrogens is 1. The van der Waals surface area contributed by atoms with Gasteiger partial charge < -0.3 is 15.4 Å². The number of urea groups is 1. The number of benzene rings is 3. The summed E-state index contributed by atoms with van der Waals surface area (Å²) < 4.78 is 5.22. The van der Waals surface area contributed by atoms with Crippen LogP contribution in [0.1, 0.15) is 43.2 Å². The molecule has 2 N–H and O–H groups in total. The first-order valence-electron chi connectivity index (χ1n) is 13.7. The van der Waals surface area contributed by atoms with Crippen molar-refractivity contribution in [3.8, 4) is 16.9 Å². The second-order valence-corrected chi connectivity index (χ2v) is 10.0. The molecule has 6 heteroatoms. The summed E-state index contributed by atoms with van der Waals surface area (Å²) in [5.41, 5.74) is 5.35. The molecule has 5 rings (SSSR count). The molecule has 200 valence electrons. The van der Waals surface area contributed by atoms with Crippen molar-refractivity contribution < 1.29 is 9.53 Å². The van der Waals surface area contributed by atoms with Crippen LogP contribution in [0, 0.1) is 0 Å². The number of anilines is 2. The zero-order valence-electron chi connectivity index (χ0n) is 22.5. The molecule has 0 unspecified atom stereocenters. The first-order chi connectivity index (χ1) is 19.2. The van der Waals surface area contributed by atoms with Gasteiger partial charge >= 0.3 is 6.03 Å². The van der Waals surface area contributed by atoms with Crippen LogP contribution in [0.25, 0.3) is 11.1 Å². The summed E-state index contributed by atoms with van der Waals surface area (Å²) in [7, 11) is 1.62. The maximum atomic E-state index is 13.3. The van der Waals surface area contributed by atoms with Gasteiger partial charge in [-0.05, 0) is 71.5 Å². The lowest BCUT2D eigenvalue weighted by Gasteiger charge is -2.23. The molecule has 0 aliphatic heterocycles. The van der Waals surface area contributed by atoms with E-state index in [0.717, 1.165) is 23.4 Å². The number of carbonyl (C=O) groups excluding carboxylic acids is 1. The minimum atomic E-state index is -0.250. The predicted octanol–water partition coefficient (Wildman–Crippen LogP) is 7.42. The van der Waals surface area contributed by atoms with Gasteiger partial charge in [0, 0.05) is 24.5 Å². The molecular weight excluding hydrogens is 484 g/mol. The van der Waals surface area contributed by atoms with Crippen LogP contribution < -0.4 is 20.3 Å². The van der Waals surface area contributed by atoms with Crippen molar-refractivity contribution in [2.75, 3.05) is 17.3 Å². The normalized spacial score (nSPS) is 13.6. The highest BCUT2D eigenvalue weighted by Gasteiger charge is 2.18. The van der Waals surface area contributed by atoms with Gasteiger partial charge in [-0.3, -0.25) is 4.90 Å². The Kier molecular flexibility index (Phi) is 8.86. The maximum absolute atomic E-state index is 13.3. The van der Waals surface area contributed by atoms with Crippen LogP contribution >= 0.6 is 0 Å².